The summed E-state index contributed by atoms with van der Waals surface area (Å²) in [6.45, 7) is 0.361. The standard InChI is InChI=1S/C23H24FN5OS/c24-12-19-11-20-21(27-14-28-23(20)31-19)29-18-3-1-2-17(10-18)26-13-15-4-6-16(7-5-15)22-25-8-9-30-22/h4-9,11,14,17-18,26H,1-3,10,12-13H2,(H,27,28,29). The van der Waals surface area contributed by atoms with Crippen molar-refractivity contribution in [3.63, 3.8) is 0 Å². The number of nitrogens with one attached hydrogen (secondary N) is 2. The summed E-state index contributed by atoms with van der Waals surface area (Å²) in [6, 6.07) is 11.0. The summed E-state index contributed by atoms with van der Waals surface area (Å²) in [5, 5.41) is 8.21. The molecule has 0 spiro atoms. The lowest BCUT2D eigenvalue weighted by Gasteiger charge is -2.31. The SMILES string of the molecule is FCc1cc2c(NC3CCCC(NCc4ccc(-c5ncco5)cc4)C3)ncnc2s1. The molecule has 5 rings (SSSR count). The lowest BCUT2D eigenvalue weighted by molar-refractivity contribution is 0.350. The van der Waals surface area contributed by atoms with Gasteiger partial charge in [0.1, 0.15) is 29.9 Å². The van der Waals surface area contributed by atoms with Gasteiger partial charge in [-0.3, -0.25) is 0 Å². The van der Waals surface area contributed by atoms with Crippen molar-refractivity contribution in [2.75, 3.05) is 5.32 Å². The van der Waals surface area contributed by atoms with Crippen molar-refractivity contribution in [3.8, 4) is 11.5 Å². The molecule has 0 amide bonds. The first-order valence-corrected chi connectivity index (χ1v) is 11.4. The third-order valence-electron chi connectivity index (χ3n) is 5.76. The highest BCUT2D eigenvalue weighted by Gasteiger charge is 2.23. The summed E-state index contributed by atoms with van der Waals surface area (Å²) in [5.74, 6) is 1.46. The number of hydrogen-bond donors (Lipinski definition) is 2. The van der Waals surface area contributed by atoms with Crippen LogP contribution in [0.5, 0.6) is 0 Å². The van der Waals surface area contributed by atoms with Gasteiger partial charge in [0.25, 0.3) is 0 Å². The summed E-state index contributed by atoms with van der Waals surface area (Å²) in [4.78, 5) is 14.4. The topological polar surface area (TPSA) is 75.9 Å². The molecular weight excluding hydrogens is 413 g/mol. The highest BCUT2D eigenvalue weighted by Crippen LogP contribution is 2.30. The Kier molecular flexibility index (Phi) is 5.90. The van der Waals surface area contributed by atoms with E-state index in [0.717, 1.165) is 53.8 Å². The molecule has 6 nitrogen and oxygen atoms in total. The molecule has 2 N–H and O–H groups in total. The van der Waals surface area contributed by atoms with E-state index < -0.39 is 6.67 Å². The maximum atomic E-state index is 13.0. The first-order valence-electron chi connectivity index (χ1n) is 10.6. The minimum absolute atomic E-state index is 0.338. The molecule has 1 aromatic carbocycles. The zero-order valence-corrected chi connectivity index (χ0v) is 17.9. The first kappa shape index (κ1) is 20.1. The molecule has 1 fully saturated rings. The molecule has 3 aromatic heterocycles. The van der Waals surface area contributed by atoms with Crippen LogP contribution in [-0.4, -0.2) is 27.0 Å². The van der Waals surface area contributed by atoms with Crippen molar-refractivity contribution >= 4 is 27.4 Å². The summed E-state index contributed by atoms with van der Waals surface area (Å²) in [5.41, 5.74) is 2.22. The van der Waals surface area contributed by atoms with Crippen molar-refractivity contribution in [2.45, 2.75) is 51.0 Å². The maximum Gasteiger partial charge on any atom is 0.225 e. The van der Waals surface area contributed by atoms with Crippen LogP contribution in [0.25, 0.3) is 21.7 Å². The number of alkyl halides is 1. The molecule has 1 saturated carbocycles. The van der Waals surface area contributed by atoms with Crippen LogP contribution < -0.4 is 10.6 Å². The van der Waals surface area contributed by atoms with E-state index in [4.69, 9.17) is 4.42 Å². The fourth-order valence-electron chi connectivity index (χ4n) is 4.18. The number of benzene rings is 1. The largest absolute Gasteiger partial charge is 0.445 e. The molecule has 160 valence electrons. The molecule has 0 aliphatic heterocycles. The van der Waals surface area contributed by atoms with Crippen LogP contribution in [0.3, 0.4) is 0 Å². The lowest BCUT2D eigenvalue weighted by atomic mass is 9.90. The van der Waals surface area contributed by atoms with Crippen molar-refractivity contribution in [1.82, 2.24) is 20.3 Å². The molecule has 2 atom stereocenters. The van der Waals surface area contributed by atoms with Gasteiger partial charge in [-0.15, -0.1) is 11.3 Å². The van der Waals surface area contributed by atoms with E-state index in [2.05, 4.69) is 37.7 Å². The summed E-state index contributed by atoms with van der Waals surface area (Å²) in [7, 11) is 0. The molecule has 0 saturated heterocycles. The van der Waals surface area contributed by atoms with Gasteiger partial charge in [-0.25, -0.2) is 19.3 Å². The van der Waals surface area contributed by atoms with Crippen LogP contribution in [0.1, 0.15) is 36.1 Å². The molecular formula is C23H24FN5OS. The van der Waals surface area contributed by atoms with Gasteiger partial charge in [-0.1, -0.05) is 12.1 Å². The zero-order chi connectivity index (χ0) is 21.0. The maximum absolute atomic E-state index is 13.0. The van der Waals surface area contributed by atoms with Gasteiger partial charge in [0.15, 0.2) is 0 Å². The number of rotatable bonds is 7. The minimum atomic E-state index is -0.463. The second-order valence-corrected chi connectivity index (χ2v) is 9.02. The van der Waals surface area contributed by atoms with Gasteiger partial charge >= 0.3 is 0 Å². The summed E-state index contributed by atoms with van der Waals surface area (Å²) < 4.78 is 18.4. The van der Waals surface area contributed by atoms with Crippen LogP contribution in [0, 0.1) is 0 Å². The summed E-state index contributed by atoms with van der Waals surface area (Å²) >= 11 is 1.39. The highest BCUT2D eigenvalue weighted by atomic mass is 32.1. The molecule has 4 aromatic rings. The van der Waals surface area contributed by atoms with Crippen LogP contribution in [0.2, 0.25) is 0 Å². The third kappa shape index (κ3) is 4.60. The van der Waals surface area contributed by atoms with Gasteiger partial charge in [0.05, 0.1) is 11.6 Å². The summed E-state index contributed by atoms with van der Waals surface area (Å²) in [6.07, 6.45) is 9.26. The number of anilines is 1. The molecule has 1 aliphatic rings. The number of thiophene rings is 1. The Hall–Kier alpha value is -2.84. The van der Waals surface area contributed by atoms with Crippen molar-refractivity contribution in [2.24, 2.45) is 0 Å². The average molecular weight is 438 g/mol. The average Bonchev–Trinajstić information content (AvgIpc) is 3.49. The molecule has 8 heteroatoms. The predicted octanol–water partition coefficient (Wildman–Crippen LogP) is 5.33. The fraction of sp³-hybridized carbons (Fsp3) is 0.348. The quantitative estimate of drug-likeness (QED) is 0.407. The Balaban J connectivity index is 1.19. The Morgan fingerprint density at radius 1 is 1.10 bits per heavy atom. The normalized spacial score (nSPS) is 19.0. The molecule has 0 bridgehead atoms. The van der Waals surface area contributed by atoms with E-state index in [0.29, 0.717) is 22.9 Å². The van der Waals surface area contributed by atoms with Crippen molar-refractivity contribution in [3.05, 3.63) is 59.6 Å². The van der Waals surface area contributed by atoms with Gasteiger partial charge in [-0.2, -0.15) is 0 Å². The molecule has 1 aliphatic carbocycles. The van der Waals surface area contributed by atoms with E-state index in [1.807, 2.05) is 18.2 Å². The second-order valence-electron chi connectivity index (χ2n) is 7.91. The van der Waals surface area contributed by atoms with E-state index in [1.165, 1.54) is 16.9 Å². The van der Waals surface area contributed by atoms with Crippen LogP contribution in [-0.2, 0) is 13.2 Å². The predicted molar refractivity (Wildman–Crippen MR) is 121 cm³/mol. The van der Waals surface area contributed by atoms with Crippen LogP contribution in [0.4, 0.5) is 10.2 Å². The number of fused-ring (bicyclic) bond motifs is 1. The molecule has 3 heterocycles. The smallest absolute Gasteiger partial charge is 0.225 e. The van der Waals surface area contributed by atoms with E-state index in [1.54, 1.807) is 18.8 Å². The third-order valence-corrected chi connectivity index (χ3v) is 6.76. The van der Waals surface area contributed by atoms with Gasteiger partial charge in [0.2, 0.25) is 5.89 Å². The fourth-order valence-corrected chi connectivity index (χ4v) is 5.02. The van der Waals surface area contributed by atoms with Crippen molar-refractivity contribution in [1.29, 1.82) is 0 Å². The number of oxazole rings is 1. The monoisotopic (exact) mass is 437 g/mol. The Morgan fingerprint density at radius 2 is 1.97 bits per heavy atom. The van der Waals surface area contributed by atoms with Crippen LogP contribution >= 0.6 is 11.3 Å². The number of halogens is 1. The Labute approximate surface area is 183 Å². The minimum Gasteiger partial charge on any atom is -0.445 e. The van der Waals surface area contributed by atoms with Crippen LogP contribution in [0.15, 0.2) is 53.5 Å². The second kappa shape index (κ2) is 9.11. The Morgan fingerprint density at radius 3 is 2.77 bits per heavy atom. The zero-order valence-electron chi connectivity index (χ0n) is 17.1. The van der Waals surface area contributed by atoms with Gasteiger partial charge < -0.3 is 15.1 Å². The van der Waals surface area contributed by atoms with Gasteiger partial charge in [-0.05, 0) is 49.4 Å². The molecule has 2 unspecified atom stereocenters. The first-order chi connectivity index (χ1) is 15.3. The molecule has 0 radical (unpaired) electrons. The highest BCUT2D eigenvalue weighted by molar-refractivity contribution is 7.18. The van der Waals surface area contributed by atoms with E-state index in [-0.39, 0.29) is 0 Å². The number of nitrogens with zero attached hydrogens (tertiary/aromatic N) is 3. The molecule has 31 heavy (non-hydrogen) atoms. The Bertz CT molecular complexity index is 1130. The number of aromatic nitrogens is 3. The van der Waals surface area contributed by atoms with Crippen molar-refractivity contribution < 1.29 is 8.81 Å². The number of hydrogen-bond acceptors (Lipinski definition) is 7. The van der Waals surface area contributed by atoms with E-state index >= 15 is 0 Å². The lowest BCUT2D eigenvalue weighted by Crippen LogP contribution is -2.38. The van der Waals surface area contributed by atoms with E-state index in [9.17, 15) is 4.39 Å². The van der Waals surface area contributed by atoms with Gasteiger partial charge in [0, 0.05) is 29.1 Å².